The van der Waals surface area contributed by atoms with E-state index in [1.807, 2.05) is 0 Å². The molecule has 18 heavy (non-hydrogen) atoms. The van der Waals surface area contributed by atoms with Crippen LogP contribution < -0.4 is 4.90 Å². The highest BCUT2D eigenvalue weighted by Crippen LogP contribution is 2.33. The van der Waals surface area contributed by atoms with Crippen molar-refractivity contribution in [3.05, 3.63) is 29.3 Å². The Morgan fingerprint density at radius 2 is 2.11 bits per heavy atom. The Morgan fingerprint density at radius 1 is 1.22 bits per heavy atom. The minimum Gasteiger partial charge on any atom is -0.368 e. The van der Waals surface area contributed by atoms with Crippen molar-refractivity contribution < 1.29 is 4.79 Å². The number of hydrogen-bond acceptors (Lipinski definition) is 2. The summed E-state index contributed by atoms with van der Waals surface area (Å²) in [4.78, 5) is 14.2. The van der Waals surface area contributed by atoms with Crippen molar-refractivity contribution in [2.75, 3.05) is 11.4 Å². The van der Waals surface area contributed by atoms with Crippen LogP contribution in [0.4, 0.5) is 5.69 Å². The van der Waals surface area contributed by atoms with Crippen molar-refractivity contribution >= 4 is 11.5 Å². The molecule has 1 atom stereocenters. The molecule has 0 aromatic heterocycles. The molecule has 1 fully saturated rings. The van der Waals surface area contributed by atoms with Gasteiger partial charge in [-0.25, -0.2) is 0 Å². The van der Waals surface area contributed by atoms with E-state index in [0.717, 1.165) is 25.8 Å². The maximum absolute atomic E-state index is 11.7. The van der Waals surface area contributed by atoms with Crippen molar-refractivity contribution in [1.82, 2.24) is 0 Å². The average molecular weight is 243 g/mol. The molecule has 2 heteroatoms. The SMILES string of the molecule is Cc1ccc2c(c1)CCCN2C1CCCC(=O)C1. The van der Waals surface area contributed by atoms with Crippen LogP contribution in [-0.4, -0.2) is 18.4 Å². The van der Waals surface area contributed by atoms with Gasteiger partial charge < -0.3 is 4.90 Å². The van der Waals surface area contributed by atoms with Gasteiger partial charge in [-0.15, -0.1) is 0 Å². The molecule has 0 spiro atoms. The van der Waals surface area contributed by atoms with Gasteiger partial charge in [0.2, 0.25) is 0 Å². The van der Waals surface area contributed by atoms with Crippen LogP contribution in [0.2, 0.25) is 0 Å². The number of rotatable bonds is 1. The number of hydrogen-bond donors (Lipinski definition) is 0. The summed E-state index contributed by atoms with van der Waals surface area (Å²) in [5.74, 6) is 0.450. The van der Waals surface area contributed by atoms with Gasteiger partial charge in [-0.3, -0.25) is 4.79 Å². The molecule has 96 valence electrons. The second-order valence-electron chi connectivity index (χ2n) is 5.72. The lowest BCUT2D eigenvalue weighted by Crippen LogP contribution is -2.42. The summed E-state index contributed by atoms with van der Waals surface area (Å²) in [5, 5.41) is 0. The Balaban J connectivity index is 1.88. The minimum absolute atomic E-state index is 0.450. The maximum Gasteiger partial charge on any atom is 0.134 e. The molecule has 2 aliphatic rings. The van der Waals surface area contributed by atoms with Crippen molar-refractivity contribution in [2.24, 2.45) is 0 Å². The summed E-state index contributed by atoms with van der Waals surface area (Å²) >= 11 is 0. The van der Waals surface area contributed by atoms with E-state index in [1.54, 1.807) is 0 Å². The van der Waals surface area contributed by atoms with Gasteiger partial charge in [-0.1, -0.05) is 17.7 Å². The molecule has 1 saturated carbocycles. The number of carbonyl (C=O) groups is 1. The molecule has 0 saturated heterocycles. The third-order valence-electron chi connectivity index (χ3n) is 4.29. The molecule has 0 radical (unpaired) electrons. The largest absolute Gasteiger partial charge is 0.368 e. The number of anilines is 1. The van der Waals surface area contributed by atoms with Gasteiger partial charge in [0.05, 0.1) is 0 Å². The fourth-order valence-electron chi connectivity index (χ4n) is 3.40. The molecule has 1 aromatic rings. The summed E-state index contributed by atoms with van der Waals surface area (Å²) < 4.78 is 0. The second-order valence-corrected chi connectivity index (χ2v) is 5.72. The van der Waals surface area contributed by atoms with E-state index in [-0.39, 0.29) is 0 Å². The molecular weight excluding hydrogens is 222 g/mol. The average Bonchev–Trinajstić information content (AvgIpc) is 2.37. The lowest BCUT2D eigenvalue weighted by Gasteiger charge is -2.39. The van der Waals surface area contributed by atoms with Gasteiger partial charge >= 0.3 is 0 Å². The number of benzene rings is 1. The van der Waals surface area contributed by atoms with Crippen molar-refractivity contribution in [3.8, 4) is 0 Å². The van der Waals surface area contributed by atoms with Crippen molar-refractivity contribution in [2.45, 2.75) is 51.5 Å². The van der Waals surface area contributed by atoms with E-state index in [0.29, 0.717) is 11.8 Å². The lowest BCUT2D eigenvalue weighted by molar-refractivity contribution is -0.120. The first kappa shape index (κ1) is 11.8. The molecular formula is C16H21NO. The summed E-state index contributed by atoms with van der Waals surface area (Å²) in [7, 11) is 0. The summed E-state index contributed by atoms with van der Waals surface area (Å²) in [6.45, 7) is 3.28. The van der Waals surface area contributed by atoms with E-state index in [2.05, 4.69) is 30.0 Å². The first-order valence-electron chi connectivity index (χ1n) is 7.12. The van der Waals surface area contributed by atoms with E-state index in [9.17, 15) is 4.79 Å². The Labute approximate surface area is 109 Å². The quantitative estimate of drug-likeness (QED) is 0.754. The van der Waals surface area contributed by atoms with Gasteiger partial charge in [0, 0.05) is 31.1 Å². The monoisotopic (exact) mass is 243 g/mol. The fourth-order valence-corrected chi connectivity index (χ4v) is 3.40. The van der Waals surface area contributed by atoms with Crippen LogP contribution in [0.15, 0.2) is 18.2 Å². The van der Waals surface area contributed by atoms with Crippen LogP contribution in [-0.2, 0) is 11.2 Å². The topological polar surface area (TPSA) is 20.3 Å². The highest BCUT2D eigenvalue weighted by molar-refractivity contribution is 5.80. The van der Waals surface area contributed by atoms with Gasteiger partial charge in [-0.05, 0) is 44.2 Å². The van der Waals surface area contributed by atoms with Crippen LogP contribution in [0.5, 0.6) is 0 Å². The number of aryl methyl sites for hydroxylation is 2. The third kappa shape index (κ3) is 2.16. The van der Waals surface area contributed by atoms with Gasteiger partial charge in [0.1, 0.15) is 5.78 Å². The highest BCUT2D eigenvalue weighted by Gasteiger charge is 2.28. The van der Waals surface area contributed by atoms with Gasteiger partial charge in [-0.2, -0.15) is 0 Å². The van der Waals surface area contributed by atoms with Crippen LogP contribution in [0, 0.1) is 6.92 Å². The summed E-state index contributed by atoms with van der Waals surface area (Å²) in [6, 6.07) is 7.21. The second kappa shape index (κ2) is 4.75. The maximum atomic E-state index is 11.7. The predicted molar refractivity (Wildman–Crippen MR) is 74.1 cm³/mol. The normalized spacial score (nSPS) is 23.9. The zero-order chi connectivity index (χ0) is 12.5. The molecule has 2 nitrogen and oxygen atoms in total. The molecule has 0 amide bonds. The Bertz CT molecular complexity index is 466. The number of fused-ring (bicyclic) bond motifs is 1. The van der Waals surface area contributed by atoms with E-state index >= 15 is 0 Å². The highest BCUT2D eigenvalue weighted by atomic mass is 16.1. The summed E-state index contributed by atoms with van der Waals surface area (Å²) in [5.41, 5.74) is 4.20. The minimum atomic E-state index is 0.450. The van der Waals surface area contributed by atoms with Gasteiger partial charge in [0.15, 0.2) is 0 Å². The number of nitrogens with zero attached hydrogens (tertiary/aromatic N) is 1. The zero-order valence-corrected chi connectivity index (χ0v) is 11.1. The number of carbonyl (C=O) groups excluding carboxylic acids is 1. The molecule has 3 rings (SSSR count). The first-order chi connectivity index (χ1) is 8.74. The van der Waals surface area contributed by atoms with Crippen LogP contribution >= 0.6 is 0 Å². The smallest absolute Gasteiger partial charge is 0.134 e. The molecule has 1 aliphatic heterocycles. The van der Waals surface area contributed by atoms with Gasteiger partial charge in [0.25, 0.3) is 0 Å². The molecule has 1 heterocycles. The molecule has 1 unspecified atom stereocenters. The van der Waals surface area contributed by atoms with E-state index in [1.165, 1.54) is 36.1 Å². The standard InChI is InChI=1S/C16H21NO/c1-12-7-8-16-13(10-12)4-3-9-17(16)14-5-2-6-15(18)11-14/h7-8,10,14H,2-6,9,11H2,1H3. The predicted octanol–water partition coefficient (Wildman–Crippen LogP) is 3.26. The molecule has 1 aliphatic carbocycles. The Morgan fingerprint density at radius 3 is 2.94 bits per heavy atom. The fraction of sp³-hybridized carbons (Fsp3) is 0.562. The Kier molecular flexibility index (Phi) is 3.11. The van der Waals surface area contributed by atoms with Crippen molar-refractivity contribution in [3.63, 3.8) is 0 Å². The van der Waals surface area contributed by atoms with E-state index < -0.39 is 0 Å². The zero-order valence-electron chi connectivity index (χ0n) is 11.1. The van der Waals surface area contributed by atoms with Crippen LogP contribution in [0.25, 0.3) is 0 Å². The van der Waals surface area contributed by atoms with Crippen molar-refractivity contribution in [1.29, 1.82) is 0 Å². The number of ketones is 1. The Hall–Kier alpha value is -1.31. The number of Topliss-reactive ketones (excluding diaryl/α,β-unsaturated/α-hetero) is 1. The lowest BCUT2D eigenvalue weighted by atomic mass is 9.90. The summed E-state index contributed by atoms with van der Waals surface area (Å²) in [6.07, 6.45) is 6.22. The molecule has 1 aromatic carbocycles. The van der Waals surface area contributed by atoms with E-state index in [4.69, 9.17) is 0 Å². The molecule has 0 N–H and O–H groups in total. The third-order valence-corrected chi connectivity index (χ3v) is 4.29. The molecule has 0 bridgehead atoms. The van der Waals surface area contributed by atoms with Crippen LogP contribution in [0.1, 0.15) is 43.2 Å². The van der Waals surface area contributed by atoms with Crippen LogP contribution in [0.3, 0.4) is 0 Å². The first-order valence-corrected chi connectivity index (χ1v) is 7.12.